The zero-order chi connectivity index (χ0) is 30.6. The predicted molar refractivity (Wildman–Crippen MR) is 145 cm³/mol. The molecule has 1 aliphatic heterocycles. The number of carbonyl (C=O) groups excluding carboxylic acids is 2. The molecule has 0 bridgehead atoms. The second-order valence-corrected chi connectivity index (χ2v) is 9.60. The molecule has 0 radical (unpaired) electrons. The summed E-state index contributed by atoms with van der Waals surface area (Å²) in [6.07, 6.45) is 2.93. The molecule has 0 fully saturated rings. The van der Waals surface area contributed by atoms with E-state index in [0.717, 1.165) is 15.9 Å². The van der Waals surface area contributed by atoms with Crippen LogP contribution in [0.2, 0.25) is 0 Å². The third kappa shape index (κ3) is 6.45. The summed E-state index contributed by atoms with van der Waals surface area (Å²) in [5, 5.41) is 15.7. The Balaban J connectivity index is 1.86. The third-order valence-electron chi connectivity index (χ3n) is 6.47. The molecule has 1 aliphatic rings. The number of rotatable bonds is 6. The molecular weight excluding hydrogens is 557 g/mol. The first kappa shape index (κ1) is 29.9. The number of nitrogens with zero attached hydrogens (tertiary/aromatic N) is 2. The van der Waals surface area contributed by atoms with Crippen LogP contribution in [0.25, 0.3) is 0 Å². The van der Waals surface area contributed by atoms with Crippen molar-refractivity contribution < 1.29 is 37.4 Å². The normalized spacial score (nSPS) is 17.5. The molecule has 10 nitrogen and oxygen atoms in total. The molecule has 0 aliphatic carbocycles. The lowest BCUT2D eigenvalue weighted by molar-refractivity contribution is 0.0917. The predicted octanol–water partition coefficient (Wildman–Crippen LogP) is 3.86. The molecule has 42 heavy (non-hydrogen) atoms. The Hall–Kier alpha value is -5.07. The van der Waals surface area contributed by atoms with Crippen LogP contribution in [0, 0.1) is 17.5 Å². The molecule has 0 spiro atoms. The van der Waals surface area contributed by atoms with Crippen LogP contribution in [0.5, 0.6) is 5.75 Å². The SMILES string of the molecule is C[C@@H]1C/C=C\[C@H](C)NC(=O)c2c(OCc3ccccc3)c(=O)c(C(=O)NCc3c(F)cc(F)cc3F)cn2N1C(=O)O. The number of hydrogen-bond acceptors (Lipinski definition) is 5. The van der Waals surface area contributed by atoms with E-state index in [2.05, 4.69) is 10.6 Å². The number of benzene rings is 2. The first-order valence-electron chi connectivity index (χ1n) is 12.9. The molecular formula is C29H27F3N4O6. The van der Waals surface area contributed by atoms with E-state index in [4.69, 9.17) is 4.74 Å². The molecule has 0 saturated carbocycles. The Labute approximate surface area is 238 Å². The van der Waals surface area contributed by atoms with Gasteiger partial charge in [0, 0.05) is 36.5 Å². The molecule has 2 atom stereocenters. The minimum Gasteiger partial charge on any atom is -0.482 e. The van der Waals surface area contributed by atoms with Crippen LogP contribution in [-0.2, 0) is 13.2 Å². The van der Waals surface area contributed by atoms with Gasteiger partial charge in [-0.3, -0.25) is 14.4 Å². The molecule has 0 saturated heterocycles. The van der Waals surface area contributed by atoms with E-state index in [1.807, 2.05) is 0 Å². The van der Waals surface area contributed by atoms with Crippen molar-refractivity contribution in [3.05, 3.63) is 111 Å². The summed E-state index contributed by atoms with van der Waals surface area (Å²) < 4.78 is 48.3. The number of nitrogens with one attached hydrogen (secondary N) is 2. The molecule has 0 unspecified atom stereocenters. The van der Waals surface area contributed by atoms with Crippen molar-refractivity contribution in [1.29, 1.82) is 0 Å². The fraction of sp³-hybridized carbons (Fsp3) is 0.241. The Morgan fingerprint density at radius 3 is 2.40 bits per heavy atom. The molecule has 220 valence electrons. The van der Waals surface area contributed by atoms with Gasteiger partial charge in [0.2, 0.25) is 5.43 Å². The van der Waals surface area contributed by atoms with E-state index in [1.165, 1.54) is 0 Å². The first-order valence-corrected chi connectivity index (χ1v) is 12.9. The van der Waals surface area contributed by atoms with Crippen molar-refractivity contribution >= 4 is 17.9 Å². The average molecular weight is 585 g/mol. The van der Waals surface area contributed by atoms with Gasteiger partial charge in [-0.2, -0.15) is 0 Å². The minimum absolute atomic E-state index is 0.211. The van der Waals surface area contributed by atoms with Crippen LogP contribution in [0.3, 0.4) is 0 Å². The average Bonchev–Trinajstić information content (AvgIpc) is 2.92. The van der Waals surface area contributed by atoms with Crippen molar-refractivity contribution in [2.24, 2.45) is 0 Å². The van der Waals surface area contributed by atoms with Gasteiger partial charge in [0.15, 0.2) is 11.4 Å². The van der Waals surface area contributed by atoms with Gasteiger partial charge in [-0.15, -0.1) is 0 Å². The minimum atomic E-state index is -1.50. The lowest BCUT2D eigenvalue weighted by atomic mass is 10.1. The highest BCUT2D eigenvalue weighted by atomic mass is 19.1. The number of halogens is 3. The van der Waals surface area contributed by atoms with E-state index in [9.17, 15) is 37.5 Å². The highest BCUT2D eigenvalue weighted by Gasteiger charge is 2.33. The molecule has 2 aromatic carbocycles. The van der Waals surface area contributed by atoms with Gasteiger partial charge in [-0.1, -0.05) is 42.5 Å². The summed E-state index contributed by atoms with van der Waals surface area (Å²) in [5.41, 5.74) is -2.27. The number of fused-ring (bicyclic) bond motifs is 1. The molecule has 3 aromatic rings. The summed E-state index contributed by atoms with van der Waals surface area (Å²) in [7, 11) is 0. The van der Waals surface area contributed by atoms with Crippen LogP contribution in [0.4, 0.5) is 18.0 Å². The second-order valence-electron chi connectivity index (χ2n) is 9.60. The van der Waals surface area contributed by atoms with Gasteiger partial charge in [-0.25, -0.2) is 27.7 Å². The molecule has 1 aromatic heterocycles. The van der Waals surface area contributed by atoms with Gasteiger partial charge < -0.3 is 20.5 Å². The zero-order valence-electron chi connectivity index (χ0n) is 22.6. The zero-order valence-corrected chi connectivity index (χ0v) is 22.6. The summed E-state index contributed by atoms with van der Waals surface area (Å²) in [6, 6.07) is 8.17. The number of carbonyl (C=O) groups is 3. The monoisotopic (exact) mass is 584 g/mol. The molecule has 4 rings (SSSR count). The maximum atomic E-state index is 14.2. The maximum Gasteiger partial charge on any atom is 0.426 e. The van der Waals surface area contributed by atoms with Crippen LogP contribution in [-0.4, -0.2) is 39.8 Å². The topological polar surface area (TPSA) is 130 Å². The summed E-state index contributed by atoms with van der Waals surface area (Å²) in [6.45, 7) is 2.26. The third-order valence-corrected chi connectivity index (χ3v) is 6.47. The molecule has 13 heteroatoms. The first-order chi connectivity index (χ1) is 20.0. The van der Waals surface area contributed by atoms with Gasteiger partial charge in [-0.05, 0) is 25.8 Å². The number of ether oxygens (including phenoxy) is 1. The molecule has 3 amide bonds. The lowest BCUT2D eigenvalue weighted by Gasteiger charge is -2.32. The van der Waals surface area contributed by atoms with Gasteiger partial charge >= 0.3 is 6.09 Å². The van der Waals surface area contributed by atoms with Gasteiger partial charge in [0.05, 0.1) is 6.04 Å². The van der Waals surface area contributed by atoms with E-state index in [-0.39, 0.29) is 13.0 Å². The number of amides is 3. The number of aromatic nitrogens is 1. The standard InChI is InChI=1S/C29H27F3N4O6/c1-16-7-6-8-17(2)36(29(40)41)35-14-21(27(38)33-13-20-22(31)11-19(30)12-23(20)32)25(37)26(24(35)28(39)34-16)42-15-18-9-4-3-5-10-18/h3-7,9-12,14,16-17H,8,13,15H2,1-2H3,(H,33,38)(H,34,39)(H,40,41)/b7-6-/t16-,17+/m0/s1. The Kier molecular flexibility index (Phi) is 8.99. The summed E-state index contributed by atoms with van der Waals surface area (Å²) in [4.78, 5) is 52.8. The quantitative estimate of drug-likeness (QED) is 0.378. The van der Waals surface area contributed by atoms with Crippen molar-refractivity contribution in [3.8, 4) is 5.75 Å². The van der Waals surface area contributed by atoms with Crippen molar-refractivity contribution in [1.82, 2.24) is 15.3 Å². The van der Waals surface area contributed by atoms with Crippen LogP contribution >= 0.6 is 0 Å². The largest absolute Gasteiger partial charge is 0.482 e. The summed E-state index contributed by atoms with van der Waals surface area (Å²) >= 11 is 0. The number of hydrogen-bond donors (Lipinski definition) is 3. The van der Waals surface area contributed by atoms with Gasteiger partial charge in [0.1, 0.15) is 29.6 Å². The van der Waals surface area contributed by atoms with E-state index < -0.39 is 82.0 Å². The van der Waals surface area contributed by atoms with Crippen molar-refractivity contribution in [3.63, 3.8) is 0 Å². The molecule has 2 heterocycles. The number of pyridine rings is 1. The smallest absolute Gasteiger partial charge is 0.426 e. The Morgan fingerprint density at radius 1 is 1.10 bits per heavy atom. The van der Waals surface area contributed by atoms with Crippen LogP contribution in [0.15, 0.2) is 65.6 Å². The Morgan fingerprint density at radius 2 is 1.76 bits per heavy atom. The number of carboxylic acid groups (broad SMARTS) is 1. The van der Waals surface area contributed by atoms with Crippen molar-refractivity contribution in [2.45, 2.75) is 45.5 Å². The fourth-order valence-electron chi connectivity index (χ4n) is 4.38. The maximum absolute atomic E-state index is 14.2. The van der Waals surface area contributed by atoms with Gasteiger partial charge in [0.25, 0.3) is 11.8 Å². The highest BCUT2D eigenvalue weighted by molar-refractivity contribution is 5.99. The Bertz CT molecular complexity index is 1590. The van der Waals surface area contributed by atoms with Crippen LogP contribution in [0.1, 0.15) is 52.2 Å². The highest BCUT2D eigenvalue weighted by Crippen LogP contribution is 2.22. The summed E-state index contributed by atoms with van der Waals surface area (Å²) in [5.74, 6) is -6.28. The second kappa shape index (κ2) is 12.6. The van der Waals surface area contributed by atoms with E-state index in [0.29, 0.717) is 17.7 Å². The van der Waals surface area contributed by atoms with Crippen LogP contribution < -0.4 is 25.8 Å². The fourth-order valence-corrected chi connectivity index (χ4v) is 4.38. The van der Waals surface area contributed by atoms with E-state index in [1.54, 1.807) is 56.3 Å². The van der Waals surface area contributed by atoms with Crippen molar-refractivity contribution in [2.75, 3.05) is 5.01 Å². The molecule has 3 N–H and O–H groups in total. The van der Waals surface area contributed by atoms with E-state index >= 15 is 0 Å². The lowest BCUT2D eigenvalue weighted by Crippen LogP contribution is -2.50.